The molecule has 2 heterocycles. The molecule has 1 atom stereocenters. The fourth-order valence-electron chi connectivity index (χ4n) is 2.36. The third kappa shape index (κ3) is 0.882. The van der Waals surface area contributed by atoms with Crippen LogP contribution >= 0.6 is 0 Å². The van der Waals surface area contributed by atoms with E-state index in [-0.39, 0.29) is 11.8 Å². The van der Waals surface area contributed by atoms with E-state index in [1.54, 1.807) is 6.33 Å². The monoisotopic (exact) mass is 193 g/mol. The first-order valence-corrected chi connectivity index (χ1v) is 4.98. The van der Waals surface area contributed by atoms with Crippen LogP contribution in [0, 0.1) is 5.92 Å². The predicted octanol–water partition coefficient (Wildman–Crippen LogP) is 1.67. The van der Waals surface area contributed by atoms with Crippen LogP contribution in [0.25, 0.3) is 0 Å². The molecule has 4 nitrogen and oxygen atoms in total. The molecular formula is C10H15N3O. The number of H-pyrrole nitrogens is 1. The molecule has 1 unspecified atom stereocenters. The van der Waals surface area contributed by atoms with Crippen LogP contribution in [0.2, 0.25) is 0 Å². The van der Waals surface area contributed by atoms with Crippen LogP contribution in [-0.4, -0.2) is 15.9 Å². The fourth-order valence-corrected chi connectivity index (χ4v) is 2.36. The first-order chi connectivity index (χ1) is 6.63. The lowest BCUT2D eigenvalue weighted by Gasteiger charge is -2.28. The minimum Gasteiger partial charge on any atom is -0.346 e. The van der Waals surface area contributed by atoms with Gasteiger partial charge in [-0.05, 0) is 12.3 Å². The number of nitrogens with zero attached hydrogens (tertiary/aromatic N) is 1. The SMILES string of the molecule is CCC1(C(C)C)C(=O)Nc2nc[nH]c21. The lowest BCUT2D eigenvalue weighted by atomic mass is 9.73. The van der Waals surface area contributed by atoms with Crippen LogP contribution < -0.4 is 5.32 Å². The van der Waals surface area contributed by atoms with Gasteiger partial charge in [0, 0.05) is 0 Å². The van der Waals surface area contributed by atoms with Gasteiger partial charge in [0.1, 0.15) is 0 Å². The fraction of sp³-hybridized carbons (Fsp3) is 0.600. The summed E-state index contributed by atoms with van der Waals surface area (Å²) < 4.78 is 0. The number of amides is 1. The van der Waals surface area contributed by atoms with Gasteiger partial charge < -0.3 is 10.3 Å². The number of hydrogen-bond acceptors (Lipinski definition) is 2. The number of nitrogens with one attached hydrogen (secondary N) is 2. The smallest absolute Gasteiger partial charge is 0.238 e. The molecule has 2 N–H and O–H groups in total. The van der Waals surface area contributed by atoms with Crippen LogP contribution in [0.1, 0.15) is 32.9 Å². The largest absolute Gasteiger partial charge is 0.346 e. The molecule has 1 aliphatic rings. The van der Waals surface area contributed by atoms with Gasteiger partial charge in [0.25, 0.3) is 0 Å². The standard InChI is InChI=1S/C10H15N3O/c1-4-10(6(2)3)7-8(12-5-11-7)13-9(10)14/h5-6H,4H2,1-3H3,(H,11,12)(H,13,14). The van der Waals surface area contributed by atoms with Crippen LogP contribution in [0.4, 0.5) is 5.82 Å². The summed E-state index contributed by atoms with van der Waals surface area (Å²) in [4.78, 5) is 19.1. The maximum absolute atomic E-state index is 11.9. The molecule has 0 saturated heterocycles. The third-order valence-electron chi connectivity index (χ3n) is 3.27. The molecule has 1 amide bonds. The predicted molar refractivity (Wildman–Crippen MR) is 54.0 cm³/mol. The van der Waals surface area contributed by atoms with Gasteiger partial charge in [0.15, 0.2) is 5.82 Å². The first kappa shape index (κ1) is 9.24. The lowest BCUT2D eigenvalue weighted by molar-refractivity contribution is -0.122. The van der Waals surface area contributed by atoms with Crippen molar-refractivity contribution in [3.05, 3.63) is 12.0 Å². The topological polar surface area (TPSA) is 57.8 Å². The average molecular weight is 193 g/mol. The van der Waals surface area contributed by atoms with Gasteiger partial charge >= 0.3 is 0 Å². The molecule has 0 bridgehead atoms. The second kappa shape index (κ2) is 2.83. The minimum atomic E-state index is -0.411. The van der Waals surface area contributed by atoms with Gasteiger partial charge in [0.05, 0.1) is 17.4 Å². The number of aromatic amines is 1. The number of anilines is 1. The van der Waals surface area contributed by atoms with Gasteiger partial charge in [0.2, 0.25) is 5.91 Å². The zero-order chi connectivity index (χ0) is 10.3. The van der Waals surface area contributed by atoms with E-state index in [1.807, 2.05) is 6.92 Å². The summed E-state index contributed by atoms with van der Waals surface area (Å²) in [7, 11) is 0. The van der Waals surface area contributed by atoms with E-state index < -0.39 is 5.41 Å². The molecule has 2 rings (SSSR count). The Balaban J connectivity index is 2.57. The molecule has 1 aromatic heterocycles. The van der Waals surface area contributed by atoms with E-state index in [9.17, 15) is 4.79 Å². The Morgan fingerprint density at radius 1 is 1.57 bits per heavy atom. The van der Waals surface area contributed by atoms with Crippen molar-refractivity contribution in [2.24, 2.45) is 5.92 Å². The highest BCUT2D eigenvalue weighted by molar-refractivity contribution is 6.04. The van der Waals surface area contributed by atoms with Crippen molar-refractivity contribution in [2.75, 3.05) is 5.32 Å². The molecule has 4 heteroatoms. The number of fused-ring (bicyclic) bond motifs is 1. The molecule has 0 aromatic carbocycles. The van der Waals surface area contributed by atoms with E-state index in [0.717, 1.165) is 12.1 Å². The molecule has 0 saturated carbocycles. The molecule has 0 aliphatic carbocycles. The number of hydrogen-bond donors (Lipinski definition) is 2. The molecule has 14 heavy (non-hydrogen) atoms. The van der Waals surface area contributed by atoms with Crippen LogP contribution in [0.15, 0.2) is 6.33 Å². The van der Waals surface area contributed by atoms with E-state index >= 15 is 0 Å². The van der Waals surface area contributed by atoms with Crippen molar-refractivity contribution in [1.82, 2.24) is 9.97 Å². The lowest BCUT2D eigenvalue weighted by Crippen LogP contribution is -2.39. The molecular weight excluding hydrogens is 178 g/mol. The summed E-state index contributed by atoms with van der Waals surface area (Å²) in [6, 6.07) is 0. The van der Waals surface area contributed by atoms with Crippen molar-refractivity contribution < 1.29 is 4.79 Å². The van der Waals surface area contributed by atoms with E-state index in [1.165, 1.54) is 0 Å². The molecule has 0 spiro atoms. The highest BCUT2D eigenvalue weighted by atomic mass is 16.2. The maximum Gasteiger partial charge on any atom is 0.238 e. The Morgan fingerprint density at radius 3 is 2.86 bits per heavy atom. The number of imidazole rings is 1. The quantitative estimate of drug-likeness (QED) is 0.750. The number of aromatic nitrogens is 2. The van der Waals surface area contributed by atoms with Crippen LogP contribution in [0.5, 0.6) is 0 Å². The Kier molecular flexibility index (Phi) is 1.87. The molecule has 0 fully saturated rings. The van der Waals surface area contributed by atoms with Crippen molar-refractivity contribution in [3.8, 4) is 0 Å². The van der Waals surface area contributed by atoms with Gasteiger partial charge in [-0.25, -0.2) is 4.98 Å². The summed E-state index contributed by atoms with van der Waals surface area (Å²) >= 11 is 0. The highest BCUT2D eigenvalue weighted by Crippen LogP contribution is 2.43. The van der Waals surface area contributed by atoms with Gasteiger partial charge in [-0.2, -0.15) is 0 Å². The minimum absolute atomic E-state index is 0.0735. The average Bonchev–Trinajstić information content (AvgIpc) is 2.63. The summed E-state index contributed by atoms with van der Waals surface area (Å²) in [5, 5.41) is 2.82. The summed E-state index contributed by atoms with van der Waals surface area (Å²) in [5.74, 6) is 1.05. The van der Waals surface area contributed by atoms with Crippen molar-refractivity contribution in [2.45, 2.75) is 32.6 Å². The Bertz CT molecular complexity index is 369. The second-order valence-corrected chi connectivity index (χ2v) is 4.06. The van der Waals surface area contributed by atoms with Crippen molar-refractivity contribution in [3.63, 3.8) is 0 Å². The molecule has 1 aliphatic heterocycles. The van der Waals surface area contributed by atoms with Crippen molar-refractivity contribution >= 4 is 11.7 Å². The second-order valence-electron chi connectivity index (χ2n) is 4.06. The van der Waals surface area contributed by atoms with Crippen LogP contribution in [-0.2, 0) is 10.2 Å². The first-order valence-electron chi connectivity index (χ1n) is 4.98. The molecule has 76 valence electrons. The normalized spacial score (nSPS) is 25.3. The third-order valence-corrected chi connectivity index (χ3v) is 3.27. The summed E-state index contributed by atoms with van der Waals surface area (Å²) in [5.41, 5.74) is 0.534. The van der Waals surface area contributed by atoms with Gasteiger partial charge in [-0.15, -0.1) is 0 Å². The Labute approximate surface area is 83.1 Å². The number of rotatable bonds is 2. The van der Waals surface area contributed by atoms with E-state index in [2.05, 4.69) is 29.1 Å². The van der Waals surface area contributed by atoms with E-state index in [4.69, 9.17) is 0 Å². The zero-order valence-electron chi connectivity index (χ0n) is 8.72. The molecule has 1 aromatic rings. The van der Waals surface area contributed by atoms with Crippen LogP contribution in [0.3, 0.4) is 0 Å². The summed E-state index contributed by atoms with van der Waals surface area (Å²) in [6.45, 7) is 6.17. The maximum atomic E-state index is 11.9. The van der Waals surface area contributed by atoms with Gasteiger partial charge in [-0.1, -0.05) is 20.8 Å². The molecule has 0 radical (unpaired) electrons. The highest BCUT2D eigenvalue weighted by Gasteiger charge is 2.49. The van der Waals surface area contributed by atoms with E-state index in [0.29, 0.717) is 5.82 Å². The van der Waals surface area contributed by atoms with Crippen molar-refractivity contribution in [1.29, 1.82) is 0 Å². The Morgan fingerprint density at radius 2 is 2.29 bits per heavy atom. The van der Waals surface area contributed by atoms with Gasteiger partial charge in [-0.3, -0.25) is 4.79 Å². The zero-order valence-corrected chi connectivity index (χ0v) is 8.72. The number of carbonyl (C=O) groups excluding carboxylic acids is 1. The summed E-state index contributed by atoms with van der Waals surface area (Å²) in [6.07, 6.45) is 2.43. The number of carbonyl (C=O) groups is 1. The Hall–Kier alpha value is -1.32.